The second-order valence-corrected chi connectivity index (χ2v) is 4.42. The van der Waals surface area contributed by atoms with Crippen LogP contribution in [0.5, 0.6) is 0 Å². The van der Waals surface area contributed by atoms with Gasteiger partial charge >= 0.3 is 0 Å². The lowest BCUT2D eigenvalue weighted by Crippen LogP contribution is -2.13. The van der Waals surface area contributed by atoms with Gasteiger partial charge in [-0.1, -0.05) is 18.2 Å². The Balaban J connectivity index is 0.00000144. The van der Waals surface area contributed by atoms with Crippen LogP contribution in [0.2, 0.25) is 0 Å². The van der Waals surface area contributed by atoms with Gasteiger partial charge in [0.2, 0.25) is 0 Å². The van der Waals surface area contributed by atoms with Crippen LogP contribution in [-0.4, -0.2) is 5.91 Å². The molecule has 0 bridgehead atoms. The van der Waals surface area contributed by atoms with E-state index in [9.17, 15) is 4.79 Å². The molecule has 0 radical (unpaired) electrons. The van der Waals surface area contributed by atoms with Gasteiger partial charge in [0.25, 0.3) is 5.91 Å². The molecule has 0 saturated carbocycles. The smallest absolute Gasteiger partial charge is 0.258 e. The van der Waals surface area contributed by atoms with Gasteiger partial charge < -0.3 is 11.1 Å². The Morgan fingerprint density at radius 3 is 2.59 bits per heavy atom. The Hall–Kier alpha value is -1.52. The first kappa shape index (κ1) is 13.5. The summed E-state index contributed by atoms with van der Waals surface area (Å²) in [5.74, 6) is -0.159. The van der Waals surface area contributed by atoms with Gasteiger partial charge in [0.15, 0.2) is 0 Å². The highest BCUT2D eigenvalue weighted by atomic mass is 35.5. The number of benzene rings is 1. The molecule has 17 heavy (non-hydrogen) atoms. The summed E-state index contributed by atoms with van der Waals surface area (Å²) in [5, 5.41) is 5.20. The molecule has 0 atom stereocenters. The average Bonchev–Trinajstić information content (AvgIpc) is 2.68. The van der Waals surface area contributed by atoms with Crippen LogP contribution in [-0.2, 0) is 0 Å². The zero-order valence-corrected chi connectivity index (χ0v) is 10.9. The second kappa shape index (κ2) is 5.70. The van der Waals surface area contributed by atoms with Crippen molar-refractivity contribution in [2.24, 2.45) is 0 Å². The number of hydrogen-bond acceptors (Lipinski definition) is 3. The number of aryl methyl sites for hydroxylation is 1. The molecule has 1 aromatic heterocycles. The van der Waals surface area contributed by atoms with Gasteiger partial charge in [-0.05, 0) is 30.0 Å². The number of carbonyl (C=O) groups excluding carboxylic acids is 1. The standard InChI is InChI=1S/C12H12N2OS.ClH/c1-8-4-2-3-5-10(8)14-12(15)9-6-7-16-11(9)13;/h2-7H,13H2,1H3,(H,14,15);1H. The number of anilines is 2. The number of nitrogens with one attached hydrogen (secondary N) is 1. The van der Waals surface area contributed by atoms with Crippen molar-refractivity contribution in [1.82, 2.24) is 0 Å². The number of thiophene rings is 1. The number of nitrogen functional groups attached to an aromatic ring is 1. The maximum atomic E-state index is 11.9. The molecule has 2 rings (SSSR count). The molecule has 2 aromatic rings. The van der Waals surface area contributed by atoms with Gasteiger partial charge in [0.05, 0.1) is 10.6 Å². The van der Waals surface area contributed by atoms with E-state index in [0.717, 1.165) is 11.3 Å². The fourth-order valence-electron chi connectivity index (χ4n) is 1.41. The maximum absolute atomic E-state index is 11.9. The highest BCUT2D eigenvalue weighted by Crippen LogP contribution is 2.21. The normalized spacial score (nSPS) is 9.47. The molecular weight excluding hydrogens is 256 g/mol. The van der Waals surface area contributed by atoms with E-state index in [1.807, 2.05) is 36.6 Å². The lowest BCUT2D eigenvalue weighted by molar-refractivity contribution is 0.102. The number of rotatable bonds is 2. The van der Waals surface area contributed by atoms with Crippen molar-refractivity contribution >= 4 is 40.3 Å². The van der Waals surface area contributed by atoms with Gasteiger partial charge in [-0.3, -0.25) is 4.79 Å². The Bertz CT molecular complexity index is 525. The quantitative estimate of drug-likeness (QED) is 0.878. The van der Waals surface area contributed by atoms with Gasteiger partial charge in [0, 0.05) is 5.69 Å². The van der Waals surface area contributed by atoms with E-state index in [0.29, 0.717) is 10.6 Å². The van der Waals surface area contributed by atoms with Crippen LogP contribution in [0.25, 0.3) is 0 Å². The van der Waals surface area contributed by atoms with E-state index in [4.69, 9.17) is 5.73 Å². The Morgan fingerprint density at radius 1 is 1.29 bits per heavy atom. The van der Waals surface area contributed by atoms with Crippen LogP contribution in [0.3, 0.4) is 0 Å². The Kier molecular flexibility index (Phi) is 4.54. The van der Waals surface area contributed by atoms with Crippen molar-refractivity contribution in [2.75, 3.05) is 11.1 Å². The summed E-state index contributed by atoms with van der Waals surface area (Å²) >= 11 is 1.36. The van der Waals surface area contributed by atoms with Crippen LogP contribution in [0, 0.1) is 6.92 Å². The number of halogens is 1. The summed E-state index contributed by atoms with van der Waals surface area (Å²) in [6.07, 6.45) is 0. The number of nitrogens with two attached hydrogens (primary N) is 1. The predicted molar refractivity (Wildman–Crippen MR) is 75.1 cm³/mol. The van der Waals surface area contributed by atoms with E-state index in [2.05, 4.69) is 5.32 Å². The van der Waals surface area contributed by atoms with Crippen molar-refractivity contribution in [1.29, 1.82) is 0 Å². The lowest BCUT2D eigenvalue weighted by atomic mass is 10.2. The van der Waals surface area contributed by atoms with E-state index in [-0.39, 0.29) is 18.3 Å². The monoisotopic (exact) mass is 268 g/mol. The van der Waals surface area contributed by atoms with E-state index >= 15 is 0 Å². The minimum atomic E-state index is -0.159. The third-order valence-corrected chi connectivity index (χ3v) is 3.08. The molecule has 0 spiro atoms. The second-order valence-electron chi connectivity index (χ2n) is 3.47. The molecule has 1 aromatic carbocycles. The van der Waals surface area contributed by atoms with Crippen molar-refractivity contribution in [3.05, 3.63) is 46.8 Å². The molecule has 0 aliphatic heterocycles. The summed E-state index contributed by atoms with van der Waals surface area (Å²) in [4.78, 5) is 11.9. The number of para-hydroxylation sites is 1. The van der Waals surface area contributed by atoms with Crippen molar-refractivity contribution in [2.45, 2.75) is 6.92 Å². The minimum Gasteiger partial charge on any atom is -0.390 e. The first-order valence-electron chi connectivity index (χ1n) is 4.88. The van der Waals surface area contributed by atoms with E-state index in [1.54, 1.807) is 6.07 Å². The van der Waals surface area contributed by atoms with Crippen molar-refractivity contribution in [3.8, 4) is 0 Å². The summed E-state index contributed by atoms with van der Waals surface area (Å²) in [6.45, 7) is 1.95. The summed E-state index contributed by atoms with van der Waals surface area (Å²) < 4.78 is 0. The highest BCUT2D eigenvalue weighted by molar-refractivity contribution is 7.14. The molecule has 0 fully saturated rings. The summed E-state index contributed by atoms with van der Waals surface area (Å²) in [7, 11) is 0. The molecule has 3 nitrogen and oxygen atoms in total. The first-order valence-corrected chi connectivity index (χ1v) is 5.76. The highest BCUT2D eigenvalue weighted by Gasteiger charge is 2.11. The molecule has 0 aliphatic rings. The predicted octanol–water partition coefficient (Wildman–Crippen LogP) is 3.31. The van der Waals surface area contributed by atoms with Crippen LogP contribution < -0.4 is 11.1 Å². The SMILES string of the molecule is Cc1ccccc1NC(=O)c1ccsc1N.Cl. The van der Waals surface area contributed by atoms with Crippen LogP contribution >= 0.6 is 23.7 Å². The van der Waals surface area contributed by atoms with Crippen LogP contribution in [0.4, 0.5) is 10.7 Å². The Morgan fingerprint density at radius 2 is 2.00 bits per heavy atom. The number of hydrogen-bond donors (Lipinski definition) is 2. The van der Waals surface area contributed by atoms with Crippen LogP contribution in [0.15, 0.2) is 35.7 Å². The Labute approximate surface area is 110 Å². The number of amides is 1. The van der Waals surface area contributed by atoms with E-state index in [1.165, 1.54) is 11.3 Å². The molecule has 0 unspecified atom stereocenters. The van der Waals surface area contributed by atoms with Crippen molar-refractivity contribution in [3.63, 3.8) is 0 Å². The van der Waals surface area contributed by atoms with Gasteiger partial charge in [0.1, 0.15) is 0 Å². The fourth-order valence-corrected chi connectivity index (χ4v) is 2.05. The first-order chi connectivity index (χ1) is 7.68. The van der Waals surface area contributed by atoms with E-state index < -0.39 is 0 Å². The topological polar surface area (TPSA) is 55.1 Å². The van der Waals surface area contributed by atoms with Crippen LogP contribution in [0.1, 0.15) is 15.9 Å². The maximum Gasteiger partial charge on any atom is 0.258 e. The zero-order valence-electron chi connectivity index (χ0n) is 9.27. The van der Waals surface area contributed by atoms with Gasteiger partial charge in [-0.15, -0.1) is 23.7 Å². The molecular formula is C12H13ClN2OS. The molecule has 1 heterocycles. The number of carbonyl (C=O) groups is 1. The average molecular weight is 269 g/mol. The molecule has 3 N–H and O–H groups in total. The third kappa shape index (κ3) is 2.99. The molecule has 5 heteroatoms. The summed E-state index contributed by atoms with van der Waals surface area (Å²) in [6, 6.07) is 9.37. The molecule has 90 valence electrons. The molecule has 1 amide bonds. The largest absolute Gasteiger partial charge is 0.390 e. The lowest BCUT2D eigenvalue weighted by Gasteiger charge is -2.07. The fraction of sp³-hybridized carbons (Fsp3) is 0.0833. The summed E-state index contributed by atoms with van der Waals surface area (Å²) in [5.41, 5.74) is 8.08. The van der Waals surface area contributed by atoms with Gasteiger partial charge in [-0.2, -0.15) is 0 Å². The van der Waals surface area contributed by atoms with Gasteiger partial charge in [-0.25, -0.2) is 0 Å². The van der Waals surface area contributed by atoms with Crippen molar-refractivity contribution < 1.29 is 4.79 Å². The third-order valence-electron chi connectivity index (χ3n) is 2.33. The molecule has 0 saturated heterocycles. The molecule has 0 aliphatic carbocycles. The zero-order chi connectivity index (χ0) is 11.5. The minimum absolute atomic E-state index is 0.